The summed E-state index contributed by atoms with van der Waals surface area (Å²) in [6.07, 6.45) is 0. The lowest BCUT2D eigenvalue weighted by Gasteiger charge is -2.06. The van der Waals surface area contributed by atoms with Crippen molar-refractivity contribution in [1.29, 1.82) is 5.26 Å². The summed E-state index contributed by atoms with van der Waals surface area (Å²) in [5.74, 6) is 4.98. The first-order valence-electron chi connectivity index (χ1n) is 4.01. The van der Waals surface area contributed by atoms with E-state index in [0.717, 1.165) is 16.7 Å². The van der Waals surface area contributed by atoms with E-state index < -0.39 is 0 Å². The normalized spacial score (nSPS) is 9.69. The van der Waals surface area contributed by atoms with E-state index >= 15 is 0 Å². The molecule has 68 valence electrons. The van der Waals surface area contributed by atoms with Crippen molar-refractivity contribution in [2.24, 2.45) is 5.90 Å². The van der Waals surface area contributed by atoms with Crippen molar-refractivity contribution in [2.75, 3.05) is 0 Å². The molecule has 3 nitrogen and oxygen atoms in total. The van der Waals surface area contributed by atoms with Crippen molar-refractivity contribution >= 4 is 0 Å². The third-order valence-electron chi connectivity index (χ3n) is 2.04. The van der Waals surface area contributed by atoms with Crippen LogP contribution < -0.4 is 5.90 Å². The Balaban J connectivity index is 3.16. The second kappa shape index (κ2) is 4.04. The predicted molar refractivity (Wildman–Crippen MR) is 49.6 cm³/mol. The fraction of sp³-hybridized carbons (Fsp3) is 0.300. The summed E-state index contributed by atoms with van der Waals surface area (Å²) < 4.78 is 0. The molecule has 1 aromatic rings. The Hall–Kier alpha value is -1.37. The van der Waals surface area contributed by atoms with Crippen LogP contribution in [0, 0.1) is 25.2 Å². The van der Waals surface area contributed by atoms with Crippen LogP contribution in [0.3, 0.4) is 0 Å². The van der Waals surface area contributed by atoms with E-state index in [-0.39, 0.29) is 0 Å². The molecule has 0 saturated heterocycles. The lowest BCUT2D eigenvalue weighted by Crippen LogP contribution is -2.01. The van der Waals surface area contributed by atoms with Crippen LogP contribution >= 0.6 is 0 Å². The Morgan fingerprint density at radius 2 is 2.08 bits per heavy atom. The van der Waals surface area contributed by atoms with E-state index in [4.69, 9.17) is 11.2 Å². The molecular weight excluding hydrogens is 164 g/mol. The minimum Gasteiger partial charge on any atom is -0.300 e. The van der Waals surface area contributed by atoms with Crippen molar-refractivity contribution in [3.05, 3.63) is 34.4 Å². The van der Waals surface area contributed by atoms with Gasteiger partial charge in [0.1, 0.15) is 0 Å². The Labute approximate surface area is 77.7 Å². The van der Waals surface area contributed by atoms with Gasteiger partial charge in [0.15, 0.2) is 0 Å². The number of hydrogen-bond acceptors (Lipinski definition) is 3. The molecule has 0 aliphatic heterocycles. The van der Waals surface area contributed by atoms with Crippen LogP contribution in [0.2, 0.25) is 0 Å². The fourth-order valence-electron chi connectivity index (χ4n) is 1.26. The van der Waals surface area contributed by atoms with Crippen LogP contribution in [0.15, 0.2) is 12.1 Å². The minimum atomic E-state index is 0.348. The van der Waals surface area contributed by atoms with Crippen molar-refractivity contribution in [2.45, 2.75) is 20.5 Å². The molecule has 3 heteroatoms. The lowest BCUT2D eigenvalue weighted by atomic mass is 10.0. The standard InChI is InChI=1S/C10H12N2O/c1-7-3-8(2)10(6-13-12)4-9(7)5-11/h3-4H,6,12H2,1-2H3. The first-order chi connectivity index (χ1) is 6.19. The number of nitriles is 1. The van der Waals surface area contributed by atoms with Crippen LogP contribution in [-0.2, 0) is 11.4 Å². The first kappa shape index (κ1) is 9.72. The fourth-order valence-corrected chi connectivity index (χ4v) is 1.26. The zero-order valence-corrected chi connectivity index (χ0v) is 7.79. The Kier molecular flexibility index (Phi) is 3.02. The maximum atomic E-state index is 8.78. The second-order valence-corrected chi connectivity index (χ2v) is 3.02. The average Bonchev–Trinajstić information content (AvgIpc) is 2.10. The number of benzene rings is 1. The number of aryl methyl sites for hydroxylation is 2. The highest BCUT2D eigenvalue weighted by Crippen LogP contribution is 2.15. The van der Waals surface area contributed by atoms with E-state index in [1.54, 1.807) is 0 Å². The summed E-state index contributed by atoms with van der Waals surface area (Å²) in [7, 11) is 0. The van der Waals surface area contributed by atoms with Gasteiger partial charge in [-0.2, -0.15) is 5.26 Å². The zero-order valence-electron chi connectivity index (χ0n) is 7.79. The van der Waals surface area contributed by atoms with Gasteiger partial charge in [-0.15, -0.1) is 0 Å². The molecule has 0 bridgehead atoms. The van der Waals surface area contributed by atoms with Crippen molar-refractivity contribution < 1.29 is 4.84 Å². The molecule has 13 heavy (non-hydrogen) atoms. The van der Waals surface area contributed by atoms with Gasteiger partial charge in [-0.1, -0.05) is 6.07 Å². The van der Waals surface area contributed by atoms with Gasteiger partial charge in [0, 0.05) is 0 Å². The van der Waals surface area contributed by atoms with E-state index in [0.29, 0.717) is 12.2 Å². The molecule has 0 spiro atoms. The number of rotatable bonds is 2. The van der Waals surface area contributed by atoms with Gasteiger partial charge in [0.05, 0.1) is 18.2 Å². The maximum absolute atomic E-state index is 8.78. The highest BCUT2D eigenvalue weighted by atomic mass is 16.6. The molecule has 2 N–H and O–H groups in total. The molecule has 1 rings (SSSR count). The maximum Gasteiger partial charge on any atom is 0.0994 e. The first-order valence-corrected chi connectivity index (χ1v) is 4.01. The largest absolute Gasteiger partial charge is 0.300 e. The van der Waals surface area contributed by atoms with Crippen LogP contribution in [0.4, 0.5) is 0 Å². The smallest absolute Gasteiger partial charge is 0.0994 e. The molecule has 0 aliphatic carbocycles. The minimum absolute atomic E-state index is 0.348. The number of hydrogen-bond donors (Lipinski definition) is 1. The van der Waals surface area contributed by atoms with Gasteiger partial charge in [-0.05, 0) is 36.6 Å². The Morgan fingerprint density at radius 1 is 1.38 bits per heavy atom. The van der Waals surface area contributed by atoms with E-state index in [2.05, 4.69) is 10.9 Å². The van der Waals surface area contributed by atoms with Crippen molar-refractivity contribution in [1.82, 2.24) is 0 Å². The van der Waals surface area contributed by atoms with E-state index in [1.807, 2.05) is 26.0 Å². The SMILES string of the molecule is Cc1cc(C)c(CON)cc1C#N. The summed E-state index contributed by atoms with van der Waals surface area (Å²) in [4.78, 5) is 4.54. The van der Waals surface area contributed by atoms with Crippen molar-refractivity contribution in [3.8, 4) is 6.07 Å². The molecule has 1 aromatic carbocycles. The average molecular weight is 176 g/mol. The molecule has 0 unspecified atom stereocenters. The van der Waals surface area contributed by atoms with Crippen LogP contribution in [0.25, 0.3) is 0 Å². The lowest BCUT2D eigenvalue weighted by molar-refractivity contribution is 0.123. The van der Waals surface area contributed by atoms with Crippen LogP contribution in [0.1, 0.15) is 22.3 Å². The van der Waals surface area contributed by atoms with Crippen molar-refractivity contribution in [3.63, 3.8) is 0 Å². The molecule has 0 amide bonds. The quantitative estimate of drug-likeness (QED) is 0.696. The summed E-state index contributed by atoms with van der Waals surface area (Å²) in [5.41, 5.74) is 3.73. The molecule has 0 atom stereocenters. The molecule has 0 aliphatic rings. The molecule has 0 heterocycles. The Morgan fingerprint density at radius 3 is 2.62 bits per heavy atom. The highest BCUT2D eigenvalue weighted by molar-refractivity contribution is 5.43. The molecule has 0 saturated carbocycles. The number of nitrogens with two attached hydrogens (primary N) is 1. The molecule has 0 aromatic heterocycles. The predicted octanol–water partition coefficient (Wildman–Crippen LogP) is 1.57. The number of nitrogens with zero attached hydrogens (tertiary/aromatic N) is 1. The van der Waals surface area contributed by atoms with Crippen LogP contribution in [-0.4, -0.2) is 0 Å². The summed E-state index contributed by atoms with van der Waals surface area (Å²) in [5, 5.41) is 8.78. The molecule has 0 fully saturated rings. The second-order valence-electron chi connectivity index (χ2n) is 3.02. The van der Waals surface area contributed by atoms with Gasteiger partial charge in [-0.25, -0.2) is 5.90 Å². The van der Waals surface area contributed by atoms with Crippen LogP contribution in [0.5, 0.6) is 0 Å². The summed E-state index contributed by atoms with van der Waals surface area (Å²) >= 11 is 0. The zero-order chi connectivity index (χ0) is 9.84. The topological polar surface area (TPSA) is 59.0 Å². The summed E-state index contributed by atoms with van der Waals surface area (Å²) in [6.45, 7) is 4.24. The highest BCUT2D eigenvalue weighted by Gasteiger charge is 2.03. The van der Waals surface area contributed by atoms with Gasteiger partial charge in [-0.3, -0.25) is 4.84 Å². The third kappa shape index (κ3) is 2.05. The Bertz CT molecular complexity index is 353. The van der Waals surface area contributed by atoms with Gasteiger partial charge >= 0.3 is 0 Å². The van der Waals surface area contributed by atoms with Gasteiger partial charge in [0.25, 0.3) is 0 Å². The van der Waals surface area contributed by atoms with Gasteiger partial charge < -0.3 is 0 Å². The van der Waals surface area contributed by atoms with E-state index in [9.17, 15) is 0 Å². The molecule has 0 radical (unpaired) electrons. The van der Waals surface area contributed by atoms with E-state index in [1.165, 1.54) is 0 Å². The van der Waals surface area contributed by atoms with Gasteiger partial charge in [0.2, 0.25) is 0 Å². The molecular formula is C10H12N2O. The third-order valence-corrected chi connectivity index (χ3v) is 2.04. The monoisotopic (exact) mass is 176 g/mol. The summed E-state index contributed by atoms with van der Waals surface area (Å²) in [6, 6.07) is 5.91.